The first-order valence-electron chi connectivity index (χ1n) is 9.86. The molecule has 1 unspecified atom stereocenters. The molecule has 1 aliphatic rings. The third-order valence-electron chi connectivity index (χ3n) is 4.06. The standard InChI is InChI=1S/C21H31NO7S/c1-13-15(27-19(25)26-13)12-30-16-8-9-22(18(24)29-21(5,6)7)11-14(16)10-17(23)28-20(2,3)4/h10,16H,8-9,11-12H2,1-7H3. The van der Waals surface area contributed by atoms with E-state index in [4.69, 9.17) is 18.3 Å². The number of hydrogen-bond acceptors (Lipinski definition) is 8. The first-order valence-corrected chi connectivity index (χ1v) is 10.9. The second-order valence-corrected chi connectivity index (χ2v) is 10.4. The van der Waals surface area contributed by atoms with Gasteiger partial charge in [0.15, 0.2) is 5.76 Å². The van der Waals surface area contributed by atoms with Gasteiger partial charge >= 0.3 is 17.9 Å². The SMILES string of the molecule is Cc1oc(=O)oc1CSC1CCN(C(=O)OC(C)(C)C)CC1=CC(=O)OC(C)(C)C. The van der Waals surface area contributed by atoms with E-state index in [9.17, 15) is 14.4 Å². The molecule has 0 spiro atoms. The Morgan fingerprint density at radius 1 is 1.13 bits per heavy atom. The summed E-state index contributed by atoms with van der Waals surface area (Å²) < 4.78 is 20.8. The number of hydrogen-bond donors (Lipinski definition) is 0. The van der Waals surface area contributed by atoms with Crippen LogP contribution in [0.4, 0.5) is 4.79 Å². The van der Waals surface area contributed by atoms with Crippen LogP contribution in [0.3, 0.4) is 0 Å². The highest BCUT2D eigenvalue weighted by atomic mass is 32.2. The summed E-state index contributed by atoms with van der Waals surface area (Å²) in [5, 5.41) is -0.0455. The van der Waals surface area contributed by atoms with Crippen LogP contribution in [0.25, 0.3) is 0 Å². The number of esters is 1. The van der Waals surface area contributed by atoms with Gasteiger partial charge in [0, 0.05) is 24.4 Å². The van der Waals surface area contributed by atoms with Gasteiger partial charge in [-0.15, -0.1) is 11.8 Å². The van der Waals surface area contributed by atoms with Crippen LogP contribution < -0.4 is 5.82 Å². The van der Waals surface area contributed by atoms with E-state index in [1.54, 1.807) is 32.6 Å². The fraction of sp³-hybridized carbons (Fsp3) is 0.667. The maximum atomic E-state index is 12.5. The van der Waals surface area contributed by atoms with Crippen molar-refractivity contribution in [2.75, 3.05) is 13.1 Å². The monoisotopic (exact) mass is 441 g/mol. The summed E-state index contributed by atoms with van der Waals surface area (Å²) in [5.74, 6) is 0.139. The molecular weight excluding hydrogens is 410 g/mol. The Hall–Kier alpha value is -2.16. The Bertz CT molecular complexity index is 854. The van der Waals surface area contributed by atoms with Crippen LogP contribution in [0.5, 0.6) is 0 Å². The van der Waals surface area contributed by atoms with E-state index in [-0.39, 0.29) is 11.8 Å². The molecule has 0 N–H and O–H groups in total. The molecule has 0 saturated carbocycles. The van der Waals surface area contributed by atoms with E-state index >= 15 is 0 Å². The molecule has 2 heterocycles. The first-order chi connectivity index (χ1) is 13.7. The molecule has 1 aromatic heterocycles. The van der Waals surface area contributed by atoms with Crippen LogP contribution in [0, 0.1) is 6.92 Å². The Morgan fingerprint density at radius 3 is 2.30 bits per heavy atom. The fourth-order valence-electron chi connectivity index (χ4n) is 2.84. The smallest absolute Gasteiger partial charge is 0.457 e. The predicted octanol–water partition coefficient (Wildman–Crippen LogP) is 4.05. The lowest BCUT2D eigenvalue weighted by atomic mass is 10.0. The van der Waals surface area contributed by atoms with Crippen LogP contribution >= 0.6 is 11.8 Å². The van der Waals surface area contributed by atoms with Crippen LogP contribution in [0.1, 0.15) is 59.5 Å². The lowest BCUT2D eigenvalue weighted by Gasteiger charge is -2.35. The van der Waals surface area contributed by atoms with Gasteiger partial charge in [0.2, 0.25) is 0 Å². The molecule has 1 aliphatic heterocycles. The number of amides is 1. The van der Waals surface area contributed by atoms with Crippen LogP contribution in [-0.4, -0.2) is 46.5 Å². The van der Waals surface area contributed by atoms with Gasteiger partial charge < -0.3 is 23.2 Å². The van der Waals surface area contributed by atoms with Gasteiger partial charge in [0.25, 0.3) is 0 Å². The average Bonchev–Trinajstić information content (AvgIpc) is 2.87. The quantitative estimate of drug-likeness (QED) is 0.510. The Morgan fingerprint density at radius 2 is 1.77 bits per heavy atom. The molecule has 0 aliphatic carbocycles. The number of carbonyl (C=O) groups is 2. The molecule has 2 rings (SSSR count). The van der Waals surface area contributed by atoms with Gasteiger partial charge in [-0.1, -0.05) is 0 Å². The van der Waals surface area contributed by atoms with Gasteiger partial charge in [-0.25, -0.2) is 14.4 Å². The van der Waals surface area contributed by atoms with Crippen LogP contribution in [0.15, 0.2) is 25.3 Å². The molecule has 1 fully saturated rings. The topological polar surface area (TPSA) is 99.2 Å². The number of nitrogens with zero attached hydrogens (tertiary/aromatic N) is 1. The summed E-state index contributed by atoms with van der Waals surface area (Å²) in [4.78, 5) is 37.7. The number of piperidine rings is 1. The van der Waals surface area contributed by atoms with Crippen molar-refractivity contribution in [3.8, 4) is 0 Å². The number of carbonyl (C=O) groups excluding carboxylic acids is 2. The normalized spacial score (nSPS) is 19.1. The van der Waals surface area contributed by atoms with Gasteiger partial charge in [-0.05, 0) is 60.5 Å². The van der Waals surface area contributed by atoms with Crippen LogP contribution in [-0.2, 0) is 20.0 Å². The van der Waals surface area contributed by atoms with E-state index in [2.05, 4.69) is 0 Å². The summed E-state index contributed by atoms with van der Waals surface area (Å²) >= 11 is 1.53. The summed E-state index contributed by atoms with van der Waals surface area (Å²) in [6.45, 7) is 13.3. The third-order valence-corrected chi connectivity index (χ3v) is 5.43. The Balaban J connectivity index is 2.16. The molecule has 1 atom stereocenters. The minimum atomic E-state index is -0.729. The predicted molar refractivity (Wildman–Crippen MR) is 113 cm³/mol. The zero-order chi connectivity index (χ0) is 22.7. The number of thioether (sulfide) groups is 1. The molecule has 0 bridgehead atoms. The lowest BCUT2D eigenvalue weighted by molar-refractivity contribution is -0.148. The molecule has 1 aromatic rings. The van der Waals surface area contributed by atoms with Crippen molar-refractivity contribution < 1.29 is 27.9 Å². The van der Waals surface area contributed by atoms with E-state index in [0.29, 0.717) is 30.2 Å². The lowest BCUT2D eigenvalue weighted by Crippen LogP contribution is -2.43. The Kier molecular flexibility index (Phi) is 7.49. The summed E-state index contributed by atoms with van der Waals surface area (Å²) in [6, 6.07) is 0. The average molecular weight is 442 g/mol. The first kappa shape index (κ1) is 24.1. The summed E-state index contributed by atoms with van der Waals surface area (Å²) in [5.41, 5.74) is -0.461. The molecule has 168 valence electrons. The summed E-state index contributed by atoms with van der Waals surface area (Å²) in [6.07, 6.45) is 1.66. The molecule has 30 heavy (non-hydrogen) atoms. The number of ether oxygens (including phenoxy) is 2. The van der Waals surface area contributed by atoms with E-state index in [1.165, 1.54) is 17.8 Å². The van der Waals surface area contributed by atoms with Gasteiger partial charge in [0.1, 0.15) is 17.0 Å². The van der Waals surface area contributed by atoms with E-state index in [1.807, 2.05) is 20.8 Å². The Labute approximate surface area is 180 Å². The second-order valence-electron chi connectivity index (χ2n) is 9.18. The highest BCUT2D eigenvalue weighted by Gasteiger charge is 2.31. The molecule has 1 saturated heterocycles. The van der Waals surface area contributed by atoms with Gasteiger partial charge in [-0.2, -0.15) is 0 Å². The van der Waals surface area contributed by atoms with Crippen molar-refractivity contribution in [2.45, 2.75) is 77.1 Å². The van der Waals surface area contributed by atoms with Gasteiger partial charge in [0.05, 0.1) is 5.75 Å². The van der Waals surface area contributed by atoms with Crippen molar-refractivity contribution in [3.63, 3.8) is 0 Å². The van der Waals surface area contributed by atoms with E-state index < -0.39 is 29.1 Å². The molecule has 0 radical (unpaired) electrons. The maximum Gasteiger partial charge on any atom is 0.519 e. The second kappa shape index (κ2) is 9.32. The number of rotatable bonds is 4. The van der Waals surface area contributed by atoms with Crippen molar-refractivity contribution in [2.24, 2.45) is 0 Å². The highest BCUT2D eigenvalue weighted by Crippen LogP contribution is 2.32. The zero-order valence-corrected chi connectivity index (χ0v) is 19.5. The summed E-state index contributed by atoms with van der Waals surface area (Å²) in [7, 11) is 0. The molecule has 1 amide bonds. The minimum absolute atomic E-state index is 0.0455. The van der Waals surface area contributed by atoms with Crippen LogP contribution in [0.2, 0.25) is 0 Å². The molecule has 8 nitrogen and oxygen atoms in total. The fourth-order valence-corrected chi connectivity index (χ4v) is 4.08. The van der Waals surface area contributed by atoms with Gasteiger partial charge in [-0.3, -0.25) is 0 Å². The zero-order valence-electron chi connectivity index (χ0n) is 18.7. The number of likely N-dealkylation sites (tertiary alicyclic amines) is 1. The van der Waals surface area contributed by atoms with Crippen molar-refractivity contribution in [1.82, 2.24) is 4.90 Å². The van der Waals surface area contributed by atoms with Crippen molar-refractivity contribution in [3.05, 3.63) is 33.8 Å². The maximum absolute atomic E-state index is 12.5. The van der Waals surface area contributed by atoms with Crippen molar-refractivity contribution >= 4 is 23.8 Å². The largest absolute Gasteiger partial charge is 0.519 e. The minimum Gasteiger partial charge on any atom is -0.457 e. The number of aryl methyl sites for hydroxylation is 1. The molecule has 9 heteroatoms. The molecular formula is C21H31NO7S. The molecule has 0 aromatic carbocycles. The highest BCUT2D eigenvalue weighted by molar-refractivity contribution is 7.99. The third kappa shape index (κ3) is 7.59. The van der Waals surface area contributed by atoms with Crippen molar-refractivity contribution in [1.29, 1.82) is 0 Å². The van der Waals surface area contributed by atoms with E-state index in [0.717, 1.165) is 5.57 Å².